The van der Waals surface area contributed by atoms with Crippen LogP contribution in [-0.4, -0.2) is 34.0 Å². The van der Waals surface area contributed by atoms with Crippen LogP contribution >= 0.6 is 0 Å². The van der Waals surface area contributed by atoms with Crippen LogP contribution in [-0.2, 0) is 16.4 Å². The van der Waals surface area contributed by atoms with Gasteiger partial charge in [0.05, 0.1) is 22.3 Å². The topological polar surface area (TPSA) is 60.7 Å². The van der Waals surface area contributed by atoms with Gasteiger partial charge in [0.25, 0.3) is 0 Å². The van der Waals surface area contributed by atoms with Gasteiger partial charge in [0, 0.05) is 18.6 Å². The van der Waals surface area contributed by atoms with E-state index >= 15 is 0 Å². The maximum absolute atomic E-state index is 11.4. The van der Waals surface area contributed by atoms with E-state index in [-0.39, 0.29) is 5.56 Å². The summed E-state index contributed by atoms with van der Waals surface area (Å²) in [6.45, 7) is 8.00. The molecule has 1 fully saturated rings. The summed E-state index contributed by atoms with van der Waals surface area (Å²) in [7, 11) is 1.33. The number of hydrogen-bond donors (Lipinski definition) is 1. The Labute approximate surface area is 130 Å². The Morgan fingerprint density at radius 2 is 1.73 bits per heavy atom. The lowest BCUT2D eigenvalue weighted by molar-refractivity contribution is 0.00578. The second-order valence-electron chi connectivity index (χ2n) is 6.78. The highest BCUT2D eigenvalue weighted by Crippen LogP contribution is 2.37. The largest absolute Gasteiger partial charge is 0.495 e. The highest BCUT2D eigenvalue weighted by molar-refractivity contribution is 6.65. The van der Waals surface area contributed by atoms with E-state index in [9.17, 15) is 9.90 Å². The standard InChI is InChI=1S/C16H20BNO4/c1-15(2)16(3,4)22-17(21-15)12-7-6-11(14(19)20)13-10(12)8-9-18(13)5/h6-9H,1-5H3,(H,19,20). The van der Waals surface area contributed by atoms with Crippen LogP contribution in [0.1, 0.15) is 38.1 Å². The van der Waals surface area contributed by atoms with E-state index in [0.29, 0.717) is 5.52 Å². The maximum atomic E-state index is 11.4. The molecule has 0 saturated carbocycles. The van der Waals surface area contributed by atoms with E-state index in [1.54, 1.807) is 12.1 Å². The number of carboxylic acids is 1. The van der Waals surface area contributed by atoms with Crippen LogP contribution in [0.25, 0.3) is 10.9 Å². The summed E-state index contributed by atoms with van der Waals surface area (Å²) >= 11 is 0. The van der Waals surface area contributed by atoms with Gasteiger partial charge in [-0.1, -0.05) is 6.07 Å². The first-order chi connectivity index (χ1) is 10.1. The highest BCUT2D eigenvalue weighted by atomic mass is 16.7. The molecular formula is C16H20BNO4. The zero-order valence-electron chi connectivity index (χ0n) is 13.5. The van der Waals surface area contributed by atoms with Crippen molar-refractivity contribution in [3.8, 4) is 0 Å². The summed E-state index contributed by atoms with van der Waals surface area (Å²) < 4.78 is 14.0. The minimum absolute atomic E-state index is 0.280. The van der Waals surface area contributed by atoms with Crippen molar-refractivity contribution < 1.29 is 19.2 Å². The molecule has 0 atom stereocenters. The molecule has 1 aliphatic heterocycles. The molecule has 5 nitrogen and oxygen atoms in total. The number of carboxylic acid groups (broad SMARTS) is 1. The number of fused-ring (bicyclic) bond motifs is 1. The van der Waals surface area contributed by atoms with E-state index < -0.39 is 24.3 Å². The fourth-order valence-electron chi connectivity index (χ4n) is 2.79. The number of aromatic carboxylic acids is 1. The lowest BCUT2D eigenvalue weighted by atomic mass is 9.76. The molecule has 22 heavy (non-hydrogen) atoms. The zero-order chi connectivity index (χ0) is 16.3. The molecule has 0 radical (unpaired) electrons. The Balaban J connectivity index is 2.15. The number of aromatic nitrogens is 1. The van der Waals surface area contributed by atoms with Crippen molar-refractivity contribution in [3.05, 3.63) is 30.0 Å². The van der Waals surface area contributed by atoms with Crippen LogP contribution in [0.2, 0.25) is 0 Å². The van der Waals surface area contributed by atoms with Crippen molar-refractivity contribution in [2.75, 3.05) is 0 Å². The third-order valence-corrected chi connectivity index (χ3v) is 4.81. The average molecular weight is 301 g/mol. The lowest BCUT2D eigenvalue weighted by Gasteiger charge is -2.32. The van der Waals surface area contributed by atoms with Gasteiger partial charge in [-0.15, -0.1) is 0 Å². The normalized spacial score (nSPS) is 19.8. The second kappa shape index (κ2) is 4.60. The Morgan fingerprint density at radius 3 is 2.27 bits per heavy atom. The average Bonchev–Trinajstić information content (AvgIpc) is 2.87. The Bertz CT molecular complexity index is 747. The van der Waals surface area contributed by atoms with Crippen LogP contribution < -0.4 is 5.46 Å². The molecule has 2 heterocycles. The predicted octanol–water partition coefficient (Wildman–Crippen LogP) is 2.18. The fraction of sp³-hybridized carbons (Fsp3) is 0.438. The molecule has 0 aliphatic carbocycles. The number of nitrogens with zero attached hydrogens (tertiary/aromatic N) is 1. The molecule has 1 N–H and O–H groups in total. The van der Waals surface area contributed by atoms with Crippen molar-refractivity contribution in [2.24, 2.45) is 7.05 Å². The first kappa shape index (κ1) is 15.1. The highest BCUT2D eigenvalue weighted by Gasteiger charge is 2.52. The molecule has 6 heteroatoms. The fourth-order valence-corrected chi connectivity index (χ4v) is 2.79. The molecule has 2 aromatic rings. The Morgan fingerprint density at radius 1 is 1.14 bits per heavy atom. The van der Waals surface area contributed by atoms with Gasteiger partial charge >= 0.3 is 13.1 Å². The molecule has 1 aliphatic rings. The van der Waals surface area contributed by atoms with E-state index in [4.69, 9.17) is 9.31 Å². The summed E-state index contributed by atoms with van der Waals surface area (Å²) in [4.78, 5) is 11.4. The quantitative estimate of drug-likeness (QED) is 0.864. The lowest BCUT2D eigenvalue weighted by Crippen LogP contribution is -2.41. The predicted molar refractivity (Wildman–Crippen MR) is 85.6 cm³/mol. The van der Waals surface area contributed by atoms with Gasteiger partial charge in [0.15, 0.2) is 0 Å². The van der Waals surface area contributed by atoms with Crippen molar-refractivity contribution in [1.29, 1.82) is 0 Å². The molecule has 1 saturated heterocycles. The van der Waals surface area contributed by atoms with Gasteiger partial charge in [0.2, 0.25) is 0 Å². The van der Waals surface area contributed by atoms with E-state index in [0.717, 1.165) is 10.8 Å². The number of benzene rings is 1. The van der Waals surface area contributed by atoms with Gasteiger partial charge < -0.3 is 19.0 Å². The van der Waals surface area contributed by atoms with Crippen molar-refractivity contribution in [1.82, 2.24) is 4.57 Å². The summed E-state index contributed by atoms with van der Waals surface area (Å²) in [5, 5.41) is 10.2. The summed E-state index contributed by atoms with van der Waals surface area (Å²) in [6, 6.07) is 5.31. The monoisotopic (exact) mass is 301 g/mol. The first-order valence-electron chi connectivity index (χ1n) is 7.31. The van der Waals surface area contributed by atoms with Gasteiger partial charge in [-0.2, -0.15) is 0 Å². The third kappa shape index (κ3) is 2.06. The van der Waals surface area contributed by atoms with Gasteiger partial charge in [0.1, 0.15) is 0 Å². The molecule has 1 aromatic heterocycles. The molecule has 1 aromatic carbocycles. The molecular weight excluding hydrogens is 281 g/mol. The van der Waals surface area contributed by atoms with E-state index in [1.807, 2.05) is 51.6 Å². The minimum Gasteiger partial charge on any atom is -0.478 e. The van der Waals surface area contributed by atoms with Crippen molar-refractivity contribution in [2.45, 2.75) is 38.9 Å². The molecule has 116 valence electrons. The SMILES string of the molecule is Cn1ccc2c(B3OC(C)(C)C(C)(C)O3)ccc(C(=O)O)c21. The number of hydrogen-bond acceptors (Lipinski definition) is 3. The van der Waals surface area contributed by atoms with E-state index in [2.05, 4.69) is 0 Å². The smallest absolute Gasteiger partial charge is 0.478 e. The van der Waals surface area contributed by atoms with Crippen LogP contribution in [0.4, 0.5) is 0 Å². The van der Waals surface area contributed by atoms with Crippen LogP contribution in [0.15, 0.2) is 24.4 Å². The molecule has 3 rings (SSSR count). The van der Waals surface area contributed by atoms with Gasteiger partial charge in [-0.25, -0.2) is 4.79 Å². The van der Waals surface area contributed by atoms with Crippen LogP contribution in [0.5, 0.6) is 0 Å². The number of rotatable bonds is 2. The minimum atomic E-state index is -0.938. The first-order valence-corrected chi connectivity index (χ1v) is 7.31. The molecule has 0 amide bonds. The summed E-state index contributed by atoms with van der Waals surface area (Å²) in [5.41, 5.74) is 0.968. The summed E-state index contributed by atoms with van der Waals surface area (Å²) in [6.07, 6.45) is 1.85. The zero-order valence-corrected chi connectivity index (χ0v) is 13.5. The molecule has 0 unspecified atom stereocenters. The maximum Gasteiger partial charge on any atom is 0.495 e. The van der Waals surface area contributed by atoms with Gasteiger partial charge in [-0.3, -0.25) is 0 Å². The van der Waals surface area contributed by atoms with Crippen LogP contribution in [0.3, 0.4) is 0 Å². The second-order valence-corrected chi connectivity index (χ2v) is 6.78. The molecule has 0 spiro atoms. The van der Waals surface area contributed by atoms with E-state index in [1.165, 1.54) is 0 Å². The van der Waals surface area contributed by atoms with Crippen LogP contribution in [0, 0.1) is 0 Å². The summed E-state index contributed by atoms with van der Waals surface area (Å²) in [5.74, 6) is -0.938. The van der Waals surface area contributed by atoms with Crippen molar-refractivity contribution >= 4 is 29.5 Å². The number of carbonyl (C=O) groups is 1. The van der Waals surface area contributed by atoms with Crippen molar-refractivity contribution in [3.63, 3.8) is 0 Å². The van der Waals surface area contributed by atoms with Gasteiger partial charge in [-0.05, 0) is 45.3 Å². The molecule has 0 bridgehead atoms. The Kier molecular flexibility index (Phi) is 3.16. The third-order valence-electron chi connectivity index (χ3n) is 4.81. The number of aryl methyl sites for hydroxylation is 1. The Hall–Kier alpha value is -1.79.